The minimum atomic E-state index is 0.469. The molecule has 1 aromatic heterocycles. The third kappa shape index (κ3) is 2.38. The Kier molecular flexibility index (Phi) is 3.16. The van der Waals surface area contributed by atoms with Crippen molar-refractivity contribution in [2.45, 2.75) is 6.54 Å². The van der Waals surface area contributed by atoms with E-state index >= 15 is 0 Å². The van der Waals surface area contributed by atoms with E-state index < -0.39 is 0 Å². The molecule has 0 unspecified atom stereocenters. The fourth-order valence-corrected chi connectivity index (χ4v) is 2.04. The SMILES string of the molecule is COc1ccccc1CNc1nc2cc(N)ccc2o1. The third-order valence-corrected chi connectivity index (χ3v) is 3.03. The largest absolute Gasteiger partial charge is 0.496 e. The highest BCUT2D eigenvalue weighted by Gasteiger charge is 2.07. The standard InChI is InChI=1S/C15H15N3O2/c1-19-13-5-3-2-4-10(13)9-17-15-18-12-8-11(16)6-7-14(12)20-15/h2-8H,9,16H2,1H3,(H,17,18). The summed E-state index contributed by atoms with van der Waals surface area (Å²) in [4.78, 5) is 4.35. The number of para-hydroxylation sites is 1. The summed E-state index contributed by atoms with van der Waals surface area (Å²) in [6, 6.07) is 13.7. The van der Waals surface area contributed by atoms with Gasteiger partial charge in [0.25, 0.3) is 6.01 Å². The molecule has 0 saturated heterocycles. The number of hydrogen-bond donors (Lipinski definition) is 2. The highest BCUT2D eigenvalue weighted by Crippen LogP contribution is 2.23. The number of anilines is 2. The zero-order valence-electron chi connectivity index (χ0n) is 11.1. The van der Waals surface area contributed by atoms with Crippen LogP contribution >= 0.6 is 0 Å². The van der Waals surface area contributed by atoms with Gasteiger partial charge in [-0.25, -0.2) is 0 Å². The predicted octanol–water partition coefficient (Wildman–Crippen LogP) is 3.03. The molecule has 0 saturated carbocycles. The van der Waals surface area contributed by atoms with Gasteiger partial charge in [0.15, 0.2) is 5.58 Å². The van der Waals surface area contributed by atoms with Crippen LogP contribution in [-0.2, 0) is 6.54 Å². The number of methoxy groups -OCH3 is 1. The number of rotatable bonds is 4. The average Bonchev–Trinajstić information content (AvgIpc) is 2.87. The second kappa shape index (κ2) is 5.13. The Balaban J connectivity index is 1.79. The fourth-order valence-electron chi connectivity index (χ4n) is 2.04. The van der Waals surface area contributed by atoms with Crippen LogP contribution in [0.15, 0.2) is 46.9 Å². The van der Waals surface area contributed by atoms with E-state index in [-0.39, 0.29) is 0 Å². The summed E-state index contributed by atoms with van der Waals surface area (Å²) in [7, 11) is 1.65. The summed E-state index contributed by atoms with van der Waals surface area (Å²) < 4.78 is 10.9. The first-order valence-corrected chi connectivity index (χ1v) is 6.28. The molecule has 5 nitrogen and oxygen atoms in total. The first-order chi connectivity index (χ1) is 9.76. The Bertz CT molecular complexity index is 737. The lowest BCUT2D eigenvalue weighted by Gasteiger charge is -2.07. The average molecular weight is 269 g/mol. The third-order valence-electron chi connectivity index (χ3n) is 3.03. The first-order valence-electron chi connectivity index (χ1n) is 6.28. The molecule has 0 atom stereocenters. The first kappa shape index (κ1) is 12.3. The number of nitrogens with two attached hydrogens (primary N) is 1. The van der Waals surface area contributed by atoms with Crippen molar-refractivity contribution in [2.75, 3.05) is 18.2 Å². The number of benzene rings is 2. The number of fused-ring (bicyclic) bond motifs is 1. The van der Waals surface area contributed by atoms with Crippen LogP contribution in [0.5, 0.6) is 5.75 Å². The second-order valence-electron chi connectivity index (χ2n) is 4.41. The Labute approximate surface area is 116 Å². The molecule has 5 heteroatoms. The molecule has 0 spiro atoms. The van der Waals surface area contributed by atoms with E-state index in [4.69, 9.17) is 14.9 Å². The number of nitrogens with zero attached hydrogens (tertiary/aromatic N) is 1. The van der Waals surface area contributed by atoms with Crippen molar-refractivity contribution in [2.24, 2.45) is 0 Å². The van der Waals surface area contributed by atoms with E-state index in [2.05, 4.69) is 10.3 Å². The smallest absolute Gasteiger partial charge is 0.295 e. The van der Waals surface area contributed by atoms with Crippen molar-refractivity contribution in [1.29, 1.82) is 0 Å². The minimum absolute atomic E-state index is 0.469. The molecular weight excluding hydrogens is 254 g/mol. The number of ether oxygens (including phenoxy) is 1. The van der Waals surface area contributed by atoms with E-state index in [0.717, 1.165) is 16.8 Å². The van der Waals surface area contributed by atoms with Crippen molar-refractivity contribution < 1.29 is 9.15 Å². The van der Waals surface area contributed by atoms with Crippen LogP contribution in [-0.4, -0.2) is 12.1 Å². The van der Waals surface area contributed by atoms with E-state index in [9.17, 15) is 0 Å². The summed E-state index contributed by atoms with van der Waals surface area (Å²) in [5.41, 5.74) is 8.88. The van der Waals surface area contributed by atoms with Gasteiger partial charge < -0.3 is 20.2 Å². The van der Waals surface area contributed by atoms with Crippen LogP contribution in [0.25, 0.3) is 11.1 Å². The number of hydrogen-bond acceptors (Lipinski definition) is 5. The van der Waals surface area contributed by atoms with E-state index in [1.165, 1.54) is 0 Å². The fraction of sp³-hybridized carbons (Fsp3) is 0.133. The number of oxazole rings is 1. The van der Waals surface area contributed by atoms with Crippen molar-refractivity contribution in [1.82, 2.24) is 4.98 Å². The Morgan fingerprint density at radius 3 is 2.95 bits per heavy atom. The van der Waals surface area contributed by atoms with Crippen LogP contribution in [0, 0.1) is 0 Å². The molecule has 102 valence electrons. The lowest BCUT2D eigenvalue weighted by Crippen LogP contribution is -2.01. The molecule has 0 amide bonds. The molecule has 0 radical (unpaired) electrons. The highest BCUT2D eigenvalue weighted by molar-refractivity contribution is 5.78. The summed E-state index contributed by atoms with van der Waals surface area (Å²) in [5.74, 6) is 0.834. The lowest BCUT2D eigenvalue weighted by molar-refractivity contribution is 0.410. The Morgan fingerprint density at radius 1 is 1.25 bits per heavy atom. The Morgan fingerprint density at radius 2 is 2.10 bits per heavy atom. The van der Waals surface area contributed by atoms with Crippen molar-refractivity contribution in [3.8, 4) is 5.75 Å². The zero-order valence-corrected chi connectivity index (χ0v) is 11.1. The molecule has 20 heavy (non-hydrogen) atoms. The molecule has 0 aliphatic heterocycles. The van der Waals surface area contributed by atoms with Gasteiger partial charge in [0.05, 0.1) is 7.11 Å². The molecule has 0 fully saturated rings. The molecule has 2 aromatic carbocycles. The molecule has 0 aliphatic carbocycles. The zero-order chi connectivity index (χ0) is 13.9. The molecule has 3 aromatic rings. The van der Waals surface area contributed by atoms with Gasteiger partial charge in [-0.3, -0.25) is 0 Å². The summed E-state index contributed by atoms with van der Waals surface area (Å²) >= 11 is 0. The molecule has 1 heterocycles. The van der Waals surface area contributed by atoms with Gasteiger partial charge in [0.1, 0.15) is 11.3 Å². The van der Waals surface area contributed by atoms with Crippen molar-refractivity contribution in [3.63, 3.8) is 0 Å². The lowest BCUT2D eigenvalue weighted by atomic mass is 10.2. The van der Waals surface area contributed by atoms with Crippen molar-refractivity contribution in [3.05, 3.63) is 48.0 Å². The van der Waals surface area contributed by atoms with Crippen LogP contribution < -0.4 is 15.8 Å². The Hall–Kier alpha value is -2.69. The highest BCUT2D eigenvalue weighted by atomic mass is 16.5. The quantitative estimate of drug-likeness (QED) is 0.712. The minimum Gasteiger partial charge on any atom is -0.496 e. The van der Waals surface area contributed by atoms with E-state index in [1.54, 1.807) is 19.2 Å². The maximum Gasteiger partial charge on any atom is 0.295 e. The van der Waals surface area contributed by atoms with Gasteiger partial charge in [0.2, 0.25) is 0 Å². The van der Waals surface area contributed by atoms with Gasteiger partial charge in [-0.15, -0.1) is 0 Å². The predicted molar refractivity (Wildman–Crippen MR) is 78.7 cm³/mol. The topological polar surface area (TPSA) is 73.3 Å². The molecule has 3 N–H and O–H groups in total. The van der Waals surface area contributed by atoms with Gasteiger partial charge in [-0.05, 0) is 24.3 Å². The van der Waals surface area contributed by atoms with Gasteiger partial charge in [-0.2, -0.15) is 4.98 Å². The normalized spacial score (nSPS) is 10.7. The van der Waals surface area contributed by atoms with Crippen LogP contribution in [0.1, 0.15) is 5.56 Å². The number of aromatic nitrogens is 1. The summed E-state index contributed by atoms with van der Waals surface area (Å²) in [5, 5.41) is 3.15. The van der Waals surface area contributed by atoms with Crippen LogP contribution in [0.2, 0.25) is 0 Å². The van der Waals surface area contributed by atoms with Crippen molar-refractivity contribution >= 4 is 22.8 Å². The van der Waals surface area contributed by atoms with Crippen LogP contribution in [0.3, 0.4) is 0 Å². The van der Waals surface area contributed by atoms with Gasteiger partial charge >= 0.3 is 0 Å². The molecule has 0 bridgehead atoms. The maximum absolute atomic E-state index is 5.72. The van der Waals surface area contributed by atoms with Crippen LogP contribution in [0.4, 0.5) is 11.7 Å². The number of nitrogens with one attached hydrogen (secondary N) is 1. The monoisotopic (exact) mass is 269 g/mol. The van der Waals surface area contributed by atoms with Gasteiger partial charge in [-0.1, -0.05) is 18.2 Å². The molecular formula is C15H15N3O2. The van der Waals surface area contributed by atoms with E-state index in [1.807, 2.05) is 30.3 Å². The number of nitrogen functional groups attached to an aromatic ring is 1. The van der Waals surface area contributed by atoms with Gasteiger partial charge in [0, 0.05) is 17.8 Å². The second-order valence-corrected chi connectivity index (χ2v) is 4.41. The summed E-state index contributed by atoms with van der Waals surface area (Å²) in [6.07, 6.45) is 0. The summed E-state index contributed by atoms with van der Waals surface area (Å²) in [6.45, 7) is 0.576. The maximum atomic E-state index is 5.72. The molecule has 0 aliphatic rings. The molecule has 3 rings (SSSR count). The van der Waals surface area contributed by atoms with E-state index in [0.29, 0.717) is 23.8 Å².